The Kier molecular flexibility index (Phi) is 4.64. The zero-order chi connectivity index (χ0) is 17.9. The molecule has 0 atom stereocenters. The van der Waals surface area contributed by atoms with Crippen LogP contribution in [0.15, 0.2) is 54.6 Å². The topological polar surface area (TPSA) is 72.2 Å². The molecule has 1 N–H and O–H groups in total. The van der Waals surface area contributed by atoms with Crippen molar-refractivity contribution in [1.82, 2.24) is 19.8 Å². The molecule has 0 aliphatic carbocycles. The van der Waals surface area contributed by atoms with E-state index in [2.05, 4.69) is 20.6 Å². The summed E-state index contributed by atoms with van der Waals surface area (Å²) in [6.45, 7) is 0. The second kappa shape index (κ2) is 7.23. The lowest BCUT2D eigenvalue weighted by molar-refractivity contribution is -0.116. The Hall–Kier alpha value is -2.77. The smallest absolute Gasteiger partial charge is 0.236 e. The molecule has 2 aromatic heterocycles. The van der Waals surface area contributed by atoms with Crippen molar-refractivity contribution in [3.63, 3.8) is 0 Å². The molecule has 2 heterocycles. The van der Waals surface area contributed by atoms with E-state index in [4.69, 9.17) is 11.6 Å². The van der Waals surface area contributed by atoms with Crippen LogP contribution < -0.4 is 5.32 Å². The molecule has 0 saturated carbocycles. The number of aryl methyl sites for hydroxylation is 1. The fourth-order valence-electron chi connectivity index (χ4n) is 2.53. The fraction of sp³-hybridized carbons (Fsp3) is 0.111. The van der Waals surface area contributed by atoms with Crippen LogP contribution in [-0.4, -0.2) is 25.7 Å². The number of anilines is 1. The van der Waals surface area contributed by atoms with E-state index in [0.717, 1.165) is 11.1 Å². The van der Waals surface area contributed by atoms with Gasteiger partial charge >= 0.3 is 0 Å². The Morgan fingerprint density at radius 1 is 1.08 bits per heavy atom. The van der Waals surface area contributed by atoms with Gasteiger partial charge in [0.2, 0.25) is 16.0 Å². The van der Waals surface area contributed by atoms with Gasteiger partial charge in [0.1, 0.15) is 0 Å². The first-order valence-electron chi connectivity index (χ1n) is 8.01. The average Bonchev–Trinajstić information content (AvgIpc) is 3.22. The van der Waals surface area contributed by atoms with Gasteiger partial charge in [-0.3, -0.25) is 4.79 Å². The van der Waals surface area contributed by atoms with E-state index in [1.165, 1.54) is 11.3 Å². The molecule has 0 radical (unpaired) electrons. The first-order chi connectivity index (χ1) is 12.7. The highest BCUT2D eigenvalue weighted by Crippen LogP contribution is 2.25. The second-order valence-corrected chi connectivity index (χ2v) is 7.06. The van der Waals surface area contributed by atoms with E-state index in [1.54, 1.807) is 16.6 Å². The van der Waals surface area contributed by atoms with Crippen molar-refractivity contribution in [2.24, 2.45) is 0 Å². The number of carbonyl (C=O) groups excluding carboxylic acids is 1. The highest BCUT2D eigenvalue weighted by molar-refractivity contribution is 7.20. The van der Waals surface area contributed by atoms with Gasteiger partial charge in [0.25, 0.3) is 0 Å². The maximum absolute atomic E-state index is 12.2. The molecule has 0 aliphatic rings. The van der Waals surface area contributed by atoms with Crippen molar-refractivity contribution in [3.8, 4) is 11.4 Å². The third-order valence-corrected chi connectivity index (χ3v) is 4.89. The van der Waals surface area contributed by atoms with Crippen LogP contribution >= 0.6 is 22.9 Å². The zero-order valence-corrected chi connectivity index (χ0v) is 15.2. The number of amides is 1. The molecule has 1 amide bonds. The van der Waals surface area contributed by atoms with Gasteiger partial charge in [-0.2, -0.15) is 4.52 Å². The van der Waals surface area contributed by atoms with Gasteiger partial charge in [0.15, 0.2) is 5.82 Å². The van der Waals surface area contributed by atoms with Crippen molar-refractivity contribution in [1.29, 1.82) is 0 Å². The van der Waals surface area contributed by atoms with Crippen molar-refractivity contribution in [2.45, 2.75) is 12.8 Å². The average molecular weight is 384 g/mol. The number of fused-ring (bicyclic) bond motifs is 1. The van der Waals surface area contributed by atoms with E-state index in [1.807, 2.05) is 42.5 Å². The standard InChI is InChI=1S/C18H14ClN5OS/c19-14-9-7-13(8-10-14)16-21-22-18-24(16)23-17(26-18)20-15(25)11-6-12-4-2-1-3-5-12/h1-5,7-10H,6,11H2,(H,20,23,25). The van der Waals surface area contributed by atoms with Gasteiger partial charge in [0, 0.05) is 17.0 Å². The summed E-state index contributed by atoms with van der Waals surface area (Å²) in [6.07, 6.45) is 1.08. The highest BCUT2D eigenvalue weighted by atomic mass is 35.5. The van der Waals surface area contributed by atoms with E-state index in [9.17, 15) is 4.79 Å². The van der Waals surface area contributed by atoms with Crippen molar-refractivity contribution < 1.29 is 4.79 Å². The van der Waals surface area contributed by atoms with E-state index < -0.39 is 0 Å². The van der Waals surface area contributed by atoms with Crippen LogP contribution in [0.4, 0.5) is 5.13 Å². The van der Waals surface area contributed by atoms with Crippen LogP contribution in [0.25, 0.3) is 16.3 Å². The van der Waals surface area contributed by atoms with Gasteiger partial charge in [-0.05, 0) is 36.2 Å². The summed E-state index contributed by atoms with van der Waals surface area (Å²) in [6, 6.07) is 17.2. The second-order valence-electron chi connectivity index (χ2n) is 5.67. The van der Waals surface area contributed by atoms with Gasteiger partial charge < -0.3 is 5.32 Å². The number of rotatable bonds is 5. The Morgan fingerprint density at radius 2 is 1.85 bits per heavy atom. The number of aromatic nitrogens is 4. The third kappa shape index (κ3) is 3.58. The summed E-state index contributed by atoms with van der Waals surface area (Å²) in [5, 5.41) is 16.7. The number of nitrogens with one attached hydrogen (secondary N) is 1. The molecule has 0 unspecified atom stereocenters. The molecule has 4 aromatic rings. The zero-order valence-electron chi connectivity index (χ0n) is 13.6. The number of hydrogen-bond donors (Lipinski definition) is 1. The maximum atomic E-state index is 12.2. The Balaban J connectivity index is 1.47. The van der Waals surface area contributed by atoms with Gasteiger partial charge in [-0.1, -0.05) is 53.3 Å². The largest absolute Gasteiger partial charge is 0.301 e. The van der Waals surface area contributed by atoms with Gasteiger partial charge in [-0.25, -0.2) is 0 Å². The van der Waals surface area contributed by atoms with E-state index >= 15 is 0 Å². The SMILES string of the molecule is O=C(CCc1ccccc1)Nc1nn2c(-c3ccc(Cl)cc3)nnc2s1. The molecule has 0 aliphatic heterocycles. The minimum atomic E-state index is -0.0770. The number of nitrogens with zero attached hydrogens (tertiary/aromatic N) is 4. The normalized spacial score (nSPS) is 11.0. The molecular formula is C18H14ClN5OS. The monoisotopic (exact) mass is 383 g/mol. The summed E-state index contributed by atoms with van der Waals surface area (Å²) in [4.78, 5) is 12.8. The van der Waals surface area contributed by atoms with E-state index in [0.29, 0.717) is 33.8 Å². The summed E-state index contributed by atoms with van der Waals surface area (Å²) in [5.74, 6) is 0.532. The molecular weight excluding hydrogens is 370 g/mol. The minimum absolute atomic E-state index is 0.0770. The Bertz CT molecular complexity index is 1040. The van der Waals surface area contributed by atoms with Crippen LogP contribution in [0.5, 0.6) is 0 Å². The molecule has 0 saturated heterocycles. The summed E-state index contributed by atoms with van der Waals surface area (Å²) in [5.41, 5.74) is 1.99. The Labute approximate surface area is 158 Å². The van der Waals surface area contributed by atoms with Crippen molar-refractivity contribution >= 4 is 38.9 Å². The number of carbonyl (C=O) groups is 1. The fourth-order valence-corrected chi connectivity index (χ4v) is 3.41. The third-order valence-electron chi connectivity index (χ3n) is 3.82. The summed E-state index contributed by atoms with van der Waals surface area (Å²) in [7, 11) is 0. The van der Waals surface area contributed by atoms with Crippen LogP contribution in [0.3, 0.4) is 0 Å². The molecule has 6 nitrogen and oxygen atoms in total. The van der Waals surface area contributed by atoms with Crippen LogP contribution in [0.1, 0.15) is 12.0 Å². The lowest BCUT2D eigenvalue weighted by Crippen LogP contribution is -2.12. The van der Waals surface area contributed by atoms with Crippen molar-refractivity contribution in [3.05, 3.63) is 65.2 Å². The van der Waals surface area contributed by atoms with E-state index in [-0.39, 0.29) is 5.91 Å². The number of hydrogen-bond acceptors (Lipinski definition) is 5. The molecule has 2 aromatic carbocycles. The molecule has 0 fully saturated rings. The quantitative estimate of drug-likeness (QED) is 0.563. The van der Waals surface area contributed by atoms with Crippen molar-refractivity contribution in [2.75, 3.05) is 5.32 Å². The summed E-state index contributed by atoms with van der Waals surface area (Å²) < 4.78 is 1.63. The summed E-state index contributed by atoms with van der Waals surface area (Å²) >= 11 is 7.21. The first-order valence-corrected chi connectivity index (χ1v) is 9.20. The lowest BCUT2D eigenvalue weighted by atomic mass is 10.1. The first kappa shape index (κ1) is 16.7. The Morgan fingerprint density at radius 3 is 2.62 bits per heavy atom. The number of benzene rings is 2. The molecule has 4 rings (SSSR count). The highest BCUT2D eigenvalue weighted by Gasteiger charge is 2.14. The molecule has 8 heteroatoms. The van der Waals surface area contributed by atoms with Gasteiger partial charge in [0.05, 0.1) is 0 Å². The minimum Gasteiger partial charge on any atom is -0.301 e. The van der Waals surface area contributed by atoms with Gasteiger partial charge in [-0.15, -0.1) is 15.3 Å². The van der Waals surface area contributed by atoms with Crippen LogP contribution in [-0.2, 0) is 11.2 Å². The number of halogens is 1. The predicted octanol–water partition coefficient (Wildman–Crippen LogP) is 4.08. The molecule has 0 spiro atoms. The predicted molar refractivity (Wildman–Crippen MR) is 102 cm³/mol. The molecule has 130 valence electrons. The maximum Gasteiger partial charge on any atom is 0.236 e. The lowest BCUT2D eigenvalue weighted by Gasteiger charge is -2.01. The van der Waals surface area contributed by atoms with Crippen LogP contribution in [0, 0.1) is 0 Å². The molecule has 26 heavy (non-hydrogen) atoms. The van der Waals surface area contributed by atoms with Crippen LogP contribution in [0.2, 0.25) is 5.02 Å². The molecule has 0 bridgehead atoms.